The fourth-order valence-electron chi connectivity index (χ4n) is 2.31. The molecule has 0 aliphatic rings. The van der Waals surface area contributed by atoms with Crippen molar-refractivity contribution in [3.63, 3.8) is 0 Å². The van der Waals surface area contributed by atoms with E-state index in [1.54, 1.807) is 11.3 Å². The predicted molar refractivity (Wildman–Crippen MR) is 90.5 cm³/mol. The van der Waals surface area contributed by atoms with Gasteiger partial charge >= 0.3 is 0 Å². The number of nitrogen functional groups attached to an aromatic ring is 1. The number of nitrogens with zero attached hydrogens (tertiary/aromatic N) is 1. The maximum atomic E-state index is 5.92. The normalized spacial score (nSPS) is 11.0. The molecule has 0 aliphatic carbocycles. The average molecular weight is 297 g/mol. The Hall–Kier alpha value is -1.91. The van der Waals surface area contributed by atoms with Crippen molar-refractivity contribution in [2.24, 2.45) is 0 Å². The van der Waals surface area contributed by atoms with Crippen molar-refractivity contribution in [3.05, 3.63) is 59.1 Å². The lowest BCUT2D eigenvalue weighted by Crippen LogP contribution is -2.16. The van der Waals surface area contributed by atoms with Gasteiger partial charge in [-0.2, -0.15) is 0 Å². The Bertz CT molecular complexity index is 688. The lowest BCUT2D eigenvalue weighted by atomic mass is 10.2. The first-order chi connectivity index (χ1) is 10.3. The zero-order chi connectivity index (χ0) is 14.5. The molecule has 0 aliphatic heterocycles. The zero-order valence-electron chi connectivity index (χ0n) is 11.9. The molecule has 21 heavy (non-hydrogen) atoms. The first kappa shape index (κ1) is 14.0. The summed E-state index contributed by atoms with van der Waals surface area (Å²) >= 11 is 1.80. The van der Waals surface area contributed by atoms with E-state index in [1.807, 2.05) is 24.3 Å². The number of nitrogens with one attached hydrogen (secondary N) is 1. The highest BCUT2D eigenvalue weighted by atomic mass is 32.1. The van der Waals surface area contributed by atoms with Gasteiger partial charge in [0.15, 0.2) is 0 Å². The molecule has 3 N–H and O–H groups in total. The number of nitrogens with two attached hydrogens (primary N) is 1. The number of aryl methyl sites for hydroxylation is 1. The van der Waals surface area contributed by atoms with Crippen molar-refractivity contribution < 1.29 is 0 Å². The molecule has 3 aromatic rings. The second-order valence-electron chi connectivity index (χ2n) is 5.05. The van der Waals surface area contributed by atoms with Gasteiger partial charge in [-0.25, -0.2) is 4.98 Å². The number of fused-ring (bicyclic) bond motifs is 1. The molecule has 108 valence electrons. The molecule has 0 amide bonds. The Labute approximate surface area is 128 Å². The third-order valence-corrected chi connectivity index (χ3v) is 4.55. The summed E-state index contributed by atoms with van der Waals surface area (Å²) in [6.45, 7) is 1.80. The van der Waals surface area contributed by atoms with Gasteiger partial charge in [0.25, 0.3) is 0 Å². The highest BCUT2D eigenvalue weighted by Crippen LogP contribution is 2.22. The summed E-state index contributed by atoms with van der Waals surface area (Å²) in [5, 5.41) is 4.66. The van der Waals surface area contributed by atoms with Crippen LogP contribution in [0, 0.1) is 0 Å². The van der Waals surface area contributed by atoms with Crippen LogP contribution in [0.2, 0.25) is 0 Å². The summed E-state index contributed by atoms with van der Waals surface area (Å²) < 4.78 is 1.28. The van der Waals surface area contributed by atoms with Gasteiger partial charge in [0.1, 0.15) is 0 Å². The number of hydrogen-bond acceptors (Lipinski definition) is 4. The minimum atomic E-state index is 0.826. The molecule has 0 unspecified atom stereocenters. The van der Waals surface area contributed by atoms with Gasteiger partial charge in [0.2, 0.25) is 0 Å². The number of anilines is 1. The maximum Gasteiger partial charge on any atom is 0.0939 e. The number of thiazole rings is 1. The minimum absolute atomic E-state index is 0.826. The second-order valence-corrected chi connectivity index (χ2v) is 6.17. The van der Waals surface area contributed by atoms with Gasteiger partial charge in [0, 0.05) is 18.7 Å². The standard InChI is InChI=1S/C17H19N3S/c18-14-7-2-1-6-13(14)12-19-11-5-10-17-20-15-8-3-4-9-16(15)21-17/h1-4,6-9,19H,5,10-12,18H2. The zero-order valence-corrected chi connectivity index (χ0v) is 12.7. The summed E-state index contributed by atoms with van der Waals surface area (Å²) in [5.74, 6) is 0. The molecule has 2 aromatic carbocycles. The van der Waals surface area contributed by atoms with Crippen LogP contribution in [0.1, 0.15) is 17.0 Å². The van der Waals surface area contributed by atoms with E-state index in [2.05, 4.69) is 34.6 Å². The van der Waals surface area contributed by atoms with Crippen molar-refractivity contribution in [3.8, 4) is 0 Å². The van der Waals surface area contributed by atoms with Crippen LogP contribution < -0.4 is 11.1 Å². The summed E-state index contributed by atoms with van der Waals surface area (Å²) in [4.78, 5) is 4.65. The number of hydrogen-bond donors (Lipinski definition) is 2. The van der Waals surface area contributed by atoms with Crippen molar-refractivity contribution in [2.45, 2.75) is 19.4 Å². The Balaban J connectivity index is 1.45. The van der Waals surface area contributed by atoms with Gasteiger partial charge in [-0.05, 0) is 36.7 Å². The van der Waals surface area contributed by atoms with Crippen LogP contribution in [0.4, 0.5) is 5.69 Å². The van der Waals surface area contributed by atoms with E-state index >= 15 is 0 Å². The summed E-state index contributed by atoms with van der Waals surface area (Å²) in [6, 6.07) is 16.3. The third-order valence-electron chi connectivity index (χ3n) is 3.45. The fourth-order valence-corrected chi connectivity index (χ4v) is 3.32. The third kappa shape index (κ3) is 3.60. The number of aromatic nitrogens is 1. The highest BCUT2D eigenvalue weighted by molar-refractivity contribution is 7.18. The van der Waals surface area contributed by atoms with Gasteiger partial charge in [-0.1, -0.05) is 30.3 Å². The molecule has 0 radical (unpaired) electrons. The number of benzene rings is 2. The van der Waals surface area contributed by atoms with Crippen LogP contribution >= 0.6 is 11.3 Å². The van der Waals surface area contributed by atoms with Crippen LogP contribution in [0.3, 0.4) is 0 Å². The minimum Gasteiger partial charge on any atom is -0.398 e. The smallest absolute Gasteiger partial charge is 0.0939 e. The molecule has 3 nitrogen and oxygen atoms in total. The van der Waals surface area contributed by atoms with Crippen molar-refractivity contribution in [1.82, 2.24) is 10.3 Å². The predicted octanol–water partition coefficient (Wildman–Crippen LogP) is 3.60. The van der Waals surface area contributed by atoms with E-state index in [0.717, 1.165) is 42.7 Å². The average Bonchev–Trinajstić information content (AvgIpc) is 2.91. The van der Waals surface area contributed by atoms with Crippen molar-refractivity contribution in [2.75, 3.05) is 12.3 Å². The van der Waals surface area contributed by atoms with E-state index in [4.69, 9.17) is 5.73 Å². The van der Waals surface area contributed by atoms with Crippen LogP contribution in [0.25, 0.3) is 10.2 Å². The number of rotatable bonds is 6. The summed E-state index contributed by atoms with van der Waals surface area (Å²) in [5.41, 5.74) is 9.06. The van der Waals surface area contributed by atoms with Crippen LogP contribution in [-0.2, 0) is 13.0 Å². The molecule has 4 heteroatoms. The lowest BCUT2D eigenvalue weighted by molar-refractivity contribution is 0.649. The highest BCUT2D eigenvalue weighted by Gasteiger charge is 2.02. The second kappa shape index (κ2) is 6.70. The van der Waals surface area contributed by atoms with Gasteiger partial charge in [-0.3, -0.25) is 0 Å². The van der Waals surface area contributed by atoms with E-state index < -0.39 is 0 Å². The van der Waals surface area contributed by atoms with E-state index in [-0.39, 0.29) is 0 Å². The van der Waals surface area contributed by atoms with Gasteiger partial charge in [-0.15, -0.1) is 11.3 Å². The lowest BCUT2D eigenvalue weighted by Gasteiger charge is -2.06. The molecule has 0 saturated carbocycles. The molecule has 0 saturated heterocycles. The Kier molecular flexibility index (Phi) is 4.48. The largest absolute Gasteiger partial charge is 0.398 e. The summed E-state index contributed by atoms with van der Waals surface area (Å²) in [7, 11) is 0. The summed E-state index contributed by atoms with van der Waals surface area (Å²) in [6.07, 6.45) is 2.11. The molecule has 0 fully saturated rings. The quantitative estimate of drug-likeness (QED) is 0.540. The molecule has 0 atom stereocenters. The molecule has 1 heterocycles. The molecule has 0 spiro atoms. The Morgan fingerprint density at radius 2 is 1.86 bits per heavy atom. The molecular weight excluding hydrogens is 278 g/mol. The van der Waals surface area contributed by atoms with Gasteiger partial charge in [0.05, 0.1) is 15.2 Å². The Morgan fingerprint density at radius 3 is 2.71 bits per heavy atom. The molecule has 1 aromatic heterocycles. The van der Waals surface area contributed by atoms with Crippen molar-refractivity contribution >= 4 is 27.2 Å². The maximum absolute atomic E-state index is 5.92. The first-order valence-electron chi connectivity index (χ1n) is 7.21. The molecular formula is C17H19N3S. The van der Waals surface area contributed by atoms with E-state index in [9.17, 15) is 0 Å². The van der Waals surface area contributed by atoms with Crippen LogP contribution in [0.15, 0.2) is 48.5 Å². The van der Waals surface area contributed by atoms with Crippen LogP contribution in [0.5, 0.6) is 0 Å². The van der Waals surface area contributed by atoms with Gasteiger partial charge < -0.3 is 11.1 Å². The molecule has 0 bridgehead atoms. The SMILES string of the molecule is Nc1ccccc1CNCCCc1nc2ccccc2s1. The van der Waals surface area contributed by atoms with E-state index in [0.29, 0.717) is 0 Å². The van der Waals surface area contributed by atoms with Crippen LogP contribution in [-0.4, -0.2) is 11.5 Å². The van der Waals surface area contributed by atoms with E-state index in [1.165, 1.54) is 9.71 Å². The Morgan fingerprint density at radius 1 is 1.05 bits per heavy atom. The topological polar surface area (TPSA) is 50.9 Å². The fraction of sp³-hybridized carbons (Fsp3) is 0.235. The van der Waals surface area contributed by atoms with Crippen molar-refractivity contribution in [1.29, 1.82) is 0 Å². The monoisotopic (exact) mass is 297 g/mol. The first-order valence-corrected chi connectivity index (χ1v) is 8.03. The number of para-hydroxylation sites is 2. The molecule has 3 rings (SSSR count).